The smallest absolute Gasteiger partial charge is 0.246 e. The van der Waals surface area contributed by atoms with Crippen molar-refractivity contribution in [2.45, 2.75) is 12.7 Å². The molecular weight excluding hydrogens is 369 g/mol. The van der Waals surface area contributed by atoms with Crippen LogP contribution in [-0.4, -0.2) is 56.1 Å². The second kappa shape index (κ2) is 10.9. The van der Waals surface area contributed by atoms with E-state index in [1.807, 2.05) is 12.1 Å². The second-order valence-electron chi connectivity index (χ2n) is 5.80. The lowest BCUT2D eigenvalue weighted by molar-refractivity contribution is -0.141. The fraction of sp³-hybridized carbons (Fsp3) is 0.350. The van der Waals surface area contributed by atoms with Crippen molar-refractivity contribution in [2.75, 3.05) is 33.9 Å². The summed E-state index contributed by atoms with van der Waals surface area (Å²) < 4.78 is 23.4. The van der Waals surface area contributed by atoms with E-state index in [0.717, 1.165) is 15.3 Å². The molecule has 0 bridgehead atoms. The van der Waals surface area contributed by atoms with E-state index in [4.69, 9.17) is 14.6 Å². The summed E-state index contributed by atoms with van der Waals surface area (Å²) in [7, 11) is 3.03. The Kier molecular flexibility index (Phi) is 8.60. The molecule has 2 aromatic rings. The molecule has 0 aliphatic carbocycles. The third kappa shape index (κ3) is 6.55. The van der Waals surface area contributed by atoms with Gasteiger partial charge in [-0.1, -0.05) is 12.1 Å². The minimum absolute atomic E-state index is 0.00405. The third-order valence-corrected chi connectivity index (χ3v) is 5.04. The van der Waals surface area contributed by atoms with Gasteiger partial charge in [0.25, 0.3) is 0 Å². The van der Waals surface area contributed by atoms with E-state index in [1.54, 1.807) is 23.1 Å². The molecular formula is C20H24FNO4S. The Balaban J connectivity index is 2.05. The lowest BCUT2D eigenvalue weighted by atomic mass is 10.2. The number of methoxy groups -OCH3 is 2. The van der Waals surface area contributed by atoms with E-state index in [1.165, 1.54) is 43.8 Å². The normalized spacial score (nSPS) is 11.4. The molecule has 1 heterocycles. The monoisotopic (exact) mass is 393 g/mol. The Morgan fingerprint density at radius 2 is 1.93 bits per heavy atom. The van der Waals surface area contributed by atoms with Crippen LogP contribution in [0.3, 0.4) is 0 Å². The lowest BCUT2D eigenvalue weighted by Crippen LogP contribution is -2.39. The molecule has 5 nitrogen and oxygen atoms in total. The van der Waals surface area contributed by atoms with Crippen LogP contribution in [0.1, 0.15) is 11.3 Å². The summed E-state index contributed by atoms with van der Waals surface area (Å²) in [6.45, 7) is 0.694. The molecule has 0 saturated heterocycles. The van der Waals surface area contributed by atoms with Crippen LogP contribution in [0.25, 0.3) is 16.5 Å². The summed E-state index contributed by atoms with van der Waals surface area (Å²) >= 11 is 1.52. The molecule has 1 N–H and O–H groups in total. The Hall–Kier alpha value is -2.06. The Bertz CT molecular complexity index is 741. The summed E-state index contributed by atoms with van der Waals surface area (Å²) in [4.78, 5) is 16.0. The second-order valence-corrected chi connectivity index (χ2v) is 6.92. The fourth-order valence-electron chi connectivity index (χ4n) is 2.45. The number of aliphatic hydroxyl groups is 1. The van der Waals surface area contributed by atoms with Gasteiger partial charge in [0.2, 0.25) is 5.91 Å². The number of rotatable bonds is 10. The van der Waals surface area contributed by atoms with Gasteiger partial charge in [0, 0.05) is 43.2 Å². The minimum atomic E-state index is -0.521. The van der Waals surface area contributed by atoms with Crippen molar-refractivity contribution in [3.8, 4) is 10.4 Å². The molecule has 1 aromatic carbocycles. The number of ether oxygens (including phenoxy) is 2. The van der Waals surface area contributed by atoms with Crippen LogP contribution >= 0.6 is 11.3 Å². The Morgan fingerprint density at radius 3 is 2.56 bits per heavy atom. The molecule has 1 aromatic heterocycles. The number of halogens is 1. The molecule has 7 heteroatoms. The summed E-state index contributed by atoms with van der Waals surface area (Å²) in [6, 6.07) is 10.2. The highest BCUT2D eigenvalue weighted by atomic mass is 32.1. The Morgan fingerprint density at radius 1 is 1.22 bits per heavy atom. The van der Waals surface area contributed by atoms with E-state index >= 15 is 0 Å². The number of hydrogen-bond acceptors (Lipinski definition) is 5. The van der Waals surface area contributed by atoms with Crippen molar-refractivity contribution in [1.82, 2.24) is 4.90 Å². The van der Waals surface area contributed by atoms with Crippen molar-refractivity contribution in [3.05, 3.63) is 53.2 Å². The molecule has 27 heavy (non-hydrogen) atoms. The molecule has 146 valence electrons. The molecule has 0 spiro atoms. The minimum Gasteiger partial charge on any atom is -0.396 e. The molecule has 0 radical (unpaired) electrons. The zero-order chi connectivity index (χ0) is 19.6. The summed E-state index contributed by atoms with van der Waals surface area (Å²) in [5.41, 5.74) is 0.931. The van der Waals surface area contributed by atoms with Gasteiger partial charge in [-0.15, -0.1) is 11.3 Å². The first-order chi connectivity index (χ1) is 13.1. The molecule has 0 aliphatic rings. The van der Waals surface area contributed by atoms with Crippen LogP contribution in [0.2, 0.25) is 0 Å². The van der Waals surface area contributed by atoms with Crippen molar-refractivity contribution in [3.63, 3.8) is 0 Å². The average molecular weight is 393 g/mol. The Labute approximate surface area is 162 Å². The summed E-state index contributed by atoms with van der Waals surface area (Å²) in [5, 5.41) is 9.04. The van der Waals surface area contributed by atoms with E-state index in [2.05, 4.69) is 0 Å². The van der Waals surface area contributed by atoms with Gasteiger partial charge in [0.1, 0.15) is 5.82 Å². The quantitative estimate of drug-likeness (QED) is 0.497. The predicted molar refractivity (Wildman–Crippen MR) is 105 cm³/mol. The number of carbonyl (C=O) groups is 1. The highest BCUT2D eigenvalue weighted by molar-refractivity contribution is 7.16. The zero-order valence-electron chi connectivity index (χ0n) is 15.4. The van der Waals surface area contributed by atoms with E-state index in [-0.39, 0.29) is 24.9 Å². The first kappa shape index (κ1) is 21.2. The number of amides is 1. The lowest BCUT2D eigenvalue weighted by Gasteiger charge is -2.25. The summed E-state index contributed by atoms with van der Waals surface area (Å²) in [5.74, 6) is -0.450. The molecule has 0 saturated carbocycles. The van der Waals surface area contributed by atoms with Crippen LogP contribution in [0, 0.1) is 5.82 Å². The van der Waals surface area contributed by atoms with Crippen LogP contribution in [-0.2, 0) is 14.3 Å². The maximum absolute atomic E-state index is 13.0. The standard InChI is InChI=1S/C20H24FNO4S/c1-25-20(26-2)14-22(12-3-13-23)19(24)11-9-17-8-10-18(27-17)15-4-6-16(21)7-5-15/h4-11,20,23H,3,12-14H2,1-2H3. The van der Waals surface area contributed by atoms with Crippen LogP contribution in [0.4, 0.5) is 4.39 Å². The van der Waals surface area contributed by atoms with Crippen LogP contribution in [0.5, 0.6) is 0 Å². The van der Waals surface area contributed by atoms with Crippen molar-refractivity contribution in [1.29, 1.82) is 0 Å². The maximum Gasteiger partial charge on any atom is 0.246 e. The van der Waals surface area contributed by atoms with Crippen molar-refractivity contribution >= 4 is 23.3 Å². The van der Waals surface area contributed by atoms with Crippen LogP contribution < -0.4 is 0 Å². The highest BCUT2D eigenvalue weighted by Gasteiger charge is 2.16. The van der Waals surface area contributed by atoms with E-state index in [0.29, 0.717) is 13.0 Å². The first-order valence-electron chi connectivity index (χ1n) is 8.56. The molecule has 0 fully saturated rings. The summed E-state index contributed by atoms with van der Waals surface area (Å²) in [6.07, 6.45) is 3.21. The van der Waals surface area contributed by atoms with Gasteiger partial charge >= 0.3 is 0 Å². The number of carbonyl (C=O) groups excluding carboxylic acids is 1. The van der Waals surface area contributed by atoms with E-state index in [9.17, 15) is 9.18 Å². The first-order valence-corrected chi connectivity index (χ1v) is 9.38. The maximum atomic E-state index is 13.0. The fourth-order valence-corrected chi connectivity index (χ4v) is 3.36. The zero-order valence-corrected chi connectivity index (χ0v) is 16.2. The molecule has 0 atom stereocenters. The predicted octanol–water partition coefficient (Wildman–Crippen LogP) is 3.40. The van der Waals surface area contributed by atoms with E-state index < -0.39 is 6.29 Å². The van der Waals surface area contributed by atoms with Crippen molar-refractivity contribution < 1.29 is 23.8 Å². The van der Waals surface area contributed by atoms with Gasteiger partial charge in [-0.3, -0.25) is 4.79 Å². The molecule has 2 rings (SSSR count). The molecule has 0 unspecified atom stereocenters. The topological polar surface area (TPSA) is 59.0 Å². The number of nitrogens with zero attached hydrogens (tertiary/aromatic N) is 1. The van der Waals surface area contributed by atoms with Gasteiger partial charge < -0.3 is 19.5 Å². The number of thiophene rings is 1. The largest absolute Gasteiger partial charge is 0.396 e. The van der Waals surface area contributed by atoms with Crippen LogP contribution in [0.15, 0.2) is 42.5 Å². The van der Waals surface area contributed by atoms with Gasteiger partial charge in [-0.2, -0.15) is 0 Å². The number of benzene rings is 1. The number of hydrogen-bond donors (Lipinski definition) is 1. The molecule has 0 aliphatic heterocycles. The highest BCUT2D eigenvalue weighted by Crippen LogP contribution is 2.29. The average Bonchev–Trinajstić information content (AvgIpc) is 3.16. The van der Waals surface area contributed by atoms with Gasteiger partial charge in [-0.25, -0.2) is 4.39 Å². The van der Waals surface area contributed by atoms with Gasteiger partial charge in [0.05, 0.1) is 6.54 Å². The molecule has 1 amide bonds. The van der Waals surface area contributed by atoms with Gasteiger partial charge in [0.15, 0.2) is 6.29 Å². The SMILES string of the molecule is COC(CN(CCCO)C(=O)C=Cc1ccc(-c2ccc(F)cc2)s1)OC. The third-order valence-electron chi connectivity index (χ3n) is 3.94. The number of aliphatic hydroxyl groups excluding tert-OH is 1. The van der Waals surface area contributed by atoms with Crippen molar-refractivity contribution in [2.24, 2.45) is 0 Å². The van der Waals surface area contributed by atoms with Gasteiger partial charge in [-0.05, 0) is 42.3 Å².